The summed E-state index contributed by atoms with van der Waals surface area (Å²) in [6, 6.07) is 9.54. The fourth-order valence-electron chi connectivity index (χ4n) is 4.47. The molecule has 0 N–H and O–H groups in total. The molecule has 1 nitrogen and oxygen atoms in total. The average molecular weight is 526 g/mol. The summed E-state index contributed by atoms with van der Waals surface area (Å²) in [6.45, 7) is 35.5. The van der Waals surface area contributed by atoms with E-state index in [2.05, 4.69) is 135 Å². The summed E-state index contributed by atoms with van der Waals surface area (Å²) in [7, 11) is 0. The van der Waals surface area contributed by atoms with Gasteiger partial charge in [-0.15, -0.1) is 0 Å². The first-order valence-electron chi connectivity index (χ1n) is 13.4. The number of hydrogen-bond donors (Lipinski definition) is 0. The van der Waals surface area contributed by atoms with Gasteiger partial charge in [0.15, 0.2) is 0 Å². The van der Waals surface area contributed by atoms with E-state index < -0.39 is 6.49 Å². The smallest absolute Gasteiger partial charge is 0.0751 e. The molecule has 2 aromatic rings. The van der Waals surface area contributed by atoms with Crippen molar-refractivity contribution in [2.24, 2.45) is 4.74 Å². The topological polar surface area (TPSA) is 12.4 Å². The summed E-state index contributed by atoms with van der Waals surface area (Å²) in [5.74, 6) is 0. The van der Waals surface area contributed by atoms with Crippen LogP contribution in [0.5, 0.6) is 0 Å². The van der Waals surface area contributed by atoms with Gasteiger partial charge in [0.1, 0.15) is 0 Å². The van der Waals surface area contributed by atoms with Gasteiger partial charge in [0.05, 0.1) is 12.2 Å². The fourth-order valence-corrected chi connectivity index (χ4v) is 7.07. The minimum atomic E-state index is -1.18. The quantitative estimate of drug-likeness (QED) is 0.355. The molecule has 0 radical (unpaired) electrons. The first kappa shape index (κ1) is 31.0. The van der Waals surface area contributed by atoms with Gasteiger partial charge in [0, 0.05) is 5.30 Å². The van der Waals surface area contributed by atoms with Crippen LogP contribution in [0.3, 0.4) is 0 Å². The number of aryl methyl sites for hydroxylation is 1. The average Bonchev–Trinajstić information content (AvgIpc) is 2.64. The lowest BCUT2D eigenvalue weighted by Gasteiger charge is -2.32. The maximum Gasteiger partial charge on any atom is 0.0751 e. The van der Waals surface area contributed by atoms with Crippen LogP contribution in [-0.4, -0.2) is 0 Å². The molecule has 0 amide bonds. The van der Waals surface area contributed by atoms with Crippen molar-refractivity contribution in [3.63, 3.8) is 0 Å². The summed E-state index contributed by atoms with van der Waals surface area (Å²) < 4.78 is 5.44. The molecule has 0 aliphatic carbocycles. The zero-order chi connectivity index (χ0) is 28.2. The van der Waals surface area contributed by atoms with Crippen LogP contribution >= 0.6 is 6.49 Å². The van der Waals surface area contributed by atoms with Crippen LogP contribution in [0, 0.1) is 6.92 Å². The van der Waals surface area contributed by atoms with Gasteiger partial charge in [0.25, 0.3) is 0 Å². The molecular weight excluding hydrogens is 473 g/mol. The van der Waals surface area contributed by atoms with E-state index in [0.29, 0.717) is 0 Å². The van der Waals surface area contributed by atoms with Gasteiger partial charge in [-0.3, -0.25) is 0 Å². The summed E-state index contributed by atoms with van der Waals surface area (Å²) in [5.41, 5.74) is 9.14. The van der Waals surface area contributed by atoms with Crippen LogP contribution in [0.25, 0.3) is 0 Å². The Kier molecular flexibility index (Phi) is 8.45. The molecule has 200 valence electrons. The maximum atomic E-state index is 6.38. The van der Waals surface area contributed by atoms with Crippen LogP contribution in [0.1, 0.15) is 137 Å². The van der Waals surface area contributed by atoms with Gasteiger partial charge in [-0.1, -0.05) is 128 Å². The maximum absolute atomic E-state index is 6.38. The van der Waals surface area contributed by atoms with Gasteiger partial charge in [-0.05, 0) is 79.2 Å². The number of benzene rings is 2. The molecule has 0 fully saturated rings. The molecule has 3 heteroatoms. The summed E-state index contributed by atoms with van der Waals surface area (Å²) in [5, 5.41) is 1.28. The van der Waals surface area contributed by atoms with Crippen molar-refractivity contribution in [2.45, 2.75) is 138 Å². The molecule has 2 aromatic carbocycles. The van der Waals surface area contributed by atoms with E-state index in [0.717, 1.165) is 5.69 Å². The first-order chi connectivity index (χ1) is 15.8. The molecule has 0 aliphatic rings. The van der Waals surface area contributed by atoms with Gasteiger partial charge in [-0.2, -0.15) is 0 Å². The molecule has 2 rings (SSSR count). The largest absolute Gasteiger partial charge is 0.221 e. The van der Waals surface area contributed by atoms with Crippen LogP contribution in [0.15, 0.2) is 29.0 Å². The molecule has 0 saturated carbocycles. The second-order valence-electron chi connectivity index (χ2n) is 15.7. The molecule has 1 atom stereocenters. The Balaban J connectivity index is 3.04. The lowest BCUT2D eigenvalue weighted by atomic mass is 9.75. The Morgan fingerprint density at radius 2 is 0.861 bits per heavy atom. The van der Waals surface area contributed by atoms with E-state index >= 15 is 0 Å². The Morgan fingerprint density at radius 1 is 0.528 bits per heavy atom. The SMILES string of the molecule is Cc1cc(C(C)(C)C)cc(C(C)(C)C)c1N=P(=S)c1c(C(C)(C)C)cc(C(C)(C)C)cc1C(C)(C)C. The van der Waals surface area contributed by atoms with E-state index in [1.807, 2.05) is 0 Å². The summed E-state index contributed by atoms with van der Waals surface area (Å²) >= 11 is 6.38. The lowest BCUT2D eigenvalue weighted by Crippen LogP contribution is -2.30. The third kappa shape index (κ3) is 6.99. The van der Waals surface area contributed by atoms with E-state index in [9.17, 15) is 0 Å². The van der Waals surface area contributed by atoms with Gasteiger partial charge in [0.2, 0.25) is 0 Å². The van der Waals surface area contributed by atoms with Crippen molar-refractivity contribution in [3.8, 4) is 0 Å². The van der Waals surface area contributed by atoms with Gasteiger partial charge >= 0.3 is 0 Å². The second-order valence-corrected chi connectivity index (χ2v) is 18.0. The highest BCUT2D eigenvalue weighted by atomic mass is 32.4. The highest BCUT2D eigenvalue weighted by molar-refractivity contribution is 8.03. The van der Waals surface area contributed by atoms with E-state index in [1.165, 1.54) is 38.7 Å². The third-order valence-electron chi connectivity index (χ3n) is 6.95. The molecule has 0 aliphatic heterocycles. The minimum absolute atomic E-state index is 0.0217. The lowest BCUT2D eigenvalue weighted by molar-refractivity contribution is 0.553. The third-order valence-corrected chi connectivity index (χ3v) is 8.99. The molecule has 0 saturated heterocycles. The Hall–Kier alpha value is -1.24. The fraction of sp³-hybridized carbons (Fsp3) is 0.636. The molecule has 0 spiro atoms. The molecule has 0 heterocycles. The second kappa shape index (κ2) is 9.81. The van der Waals surface area contributed by atoms with Crippen LogP contribution in [0.2, 0.25) is 0 Å². The Labute approximate surface area is 229 Å². The Bertz CT molecular complexity index is 1170. The predicted molar refractivity (Wildman–Crippen MR) is 167 cm³/mol. The highest BCUT2D eigenvalue weighted by Gasteiger charge is 2.30. The summed E-state index contributed by atoms with van der Waals surface area (Å²) in [6.07, 6.45) is 0. The summed E-state index contributed by atoms with van der Waals surface area (Å²) in [4.78, 5) is 0. The first-order valence-corrected chi connectivity index (χ1v) is 15.7. The highest BCUT2D eigenvalue weighted by Crippen LogP contribution is 2.42. The number of nitrogens with zero attached hydrogens (tertiary/aromatic N) is 1. The van der Waals surface area contributed by atoms with E-state index in [4.69, 9.17) is 16.6 Å². The van der Waals surface area contributed by atoms with Crippen molar-refractivity contribution < 1.29 is 0 Å². The zero-order valence-corrected chi connectivity index (χ0v) is 27.8. The van der Waals surface area contributed by atoms with Crippen LogP contribution in [0.4, 0.5) is 5.69 Å². The standard InChI is InChI=1S/C33H52NPS/c1-21-17-22(29(2,3)4)18-24(31(8,9)10)27(21)34-35(36)28-25(32(11,12)13)19-23(30(5,6)7)20-26(28)33(14,15)16/h17-20H,1-16H3. The minimum Gasteiger partial charge on any atom is -0.221 e. The van der Waals surface area contributed by atoms with Crippen molar-refractivity contribution in [2.75, 3.05) is 0 Å². The molecule has 36 heavy (non-hydrogen) atoms. The van der Waals surface area contributed by atoms with E-state index in [-0.39, 0.29) is 27.1 Å². The van der Waals surface area contributed by atoms with Crippen molar-refractivity contribution >= 4 is 29.3 Å². The zero-order valence-electron chi connectivity index (χ0n) is 26.1. The Morgan fingerprint density at radius 3 is 1.19 bits per heavy atom. The van der Waals surface area contributed by atoms with Gasteiger partial charge in [-0.25, -0.2) is 4.74 Å². The van der Waals surface area contributed by atoms with Crippen molar-refractivity contribution in [1.29, 1.82) is 0 Å². The van der Waals surface area contributed by atoms with Crippen LogP contribution in [-0.2, 0) is 38.9 Å². The van der Waals surface area contributed by atoms with Crippen molar-refractivity contribution in [3.05, 3.63) is 57.6 Å². The number of hydrogen-bond acceptors (Lipinski definition) is 2. The predicted octanol–water partition coefficient (Wildman–Crippen LogP) is 10.6. The molecule has 1 unspecified atom stereocenters. The van der Waals surface area contributed by atoms with Crippen molar-refractivity contribution in [1.82, 2.24) is 0 Å². The monoisotopic (exact) mass is 525 g/mol. The van der Waals surface area contributed by atoms with Gasteiger partial charge < -0.3 is 0 Å². The normalized spacial score (nSPS) is 14.4. The number of rotatable bonds is 2. The van der Waals surface area contributed by atoms with E-state index in [1.54, 1.807) is 0 Å². The molecule has 0 aromatic heterocycles. The molecular formula is C33H52NPS. The van der Waals surface area contributed by atoms with Crippen LogP contribution < -0.4 is 5.30 Å². The molecule has 0 bridgehead atoms.